The summed E-state index contributed by atoms with van der Waals surface area (Å²) < 4.78 is 0. The van der Waals surface area contributed by atoms with Crippen LogP contribution in [-0.4, -0.2) is 17.4 Å². The molecule has 1 fully saturated rings. The van der Waals surface area contributed by atoms with Crippen molar-refractivity contribution in [2.24, 2.45) is 5.92 Å². The number of thioether (sulfide) groups is 1. The minimum Gasteiger partial charge on any atom is -0.322 e. The summed E-state index contributed by atoms with van der Waals surface area (Å²) in [5.41, 5.74) is 1.18. The van der Waals surface area contributed by atoms with Crippen LogP contribution in [0.2, 0.25) is 0 Å². The van der Waals surface area contributed by atoms with Gasteiger partial charge in [0.15, 0.2) is 0 Å². The molecule has 96 valence electrons. The zero-order chi connectivity index (χ0) is 13.1. The third kappa shape index (κ3) is 2.78. The van der Waals surface area contributed by atoms with Gasteiger partial charge in [0, 0.05) is 6.54 Å². The number of rotatable bonds is 4. The highest BCUT2D eigenvalue weighted by atomic mass is 32.2. The maximum atomic E-state index is 12.1. The predicted octanol–water partition coefficient (Wildman–Crippen LogP) is 3.82. The second-order valence-corrected chi connectivity index (χ2v) is 6.16. The summed E-state index contributed by atoms with van der Waals surface area (Å²) in [7, 11) is 0. The molecule has 1 saturated heterocycles. The first-order chi connectivity index (χ1) is 8.59. The zero-order valence-electron chi connectivity index (χ0n) is 10.9. The summed E-state index contributed by atoms with van der Waals surface area (Å²) in [5.74, 6) is 0.697. The number of hydrogen-bond acceptors (Lipinski definition) is 2. The van der Waals surface area contributed by atoms with Gasteiger partial charge >= 0.3 is 0 Å². The van der Waals surface area contributed by atoms with Crippen LogP contribution in [0.3, 0.4) is 0 Å². The topological polar surface area (TPSA) is 20.3 Å². The molecule has 3 heteroatoms. The first-order valence-electron chi connectivity index (χ1n) is 6.31. The van der Waals surface area contributed by atoms with E-state index in [9.17, 15) is 4.79 Å². The van der Waals surface area contributed by atoms with E-state index in [2.05, 4.69) is 32.6 Å². The highest BCUT2D eigenvalue weighted by molar-refractivity contribution is 8.04. The van der Waals surface area contributed by atoms with Gasteiger partial charge in [-0.2, -0.15) is 0 Å². The lowest BCUT2D eigenvalue weighted by Gasteiger charge is -2.24. The van der Waals surface area contributed by atoms with Crippen LogP contribution in [-0.2, 0) is 4.79 Å². The van der Waals surface area contributed by atoms with Crippen LogP contribution in [0, 0.1) is 5.92 Å². The fourth-order valence-electron chi connectivity index (χ4n) is 2.00. The van der Waals surface area contributed by atoms with Crippen LogP contribution < -0.4 is 0 Å². The maximum absolute atomic E-state index is 12.1. The van der Waals surface area contributed by atoms with Gasteiger partial charge < -0.3 is 4.90 Å². The van der Waals surface area contributed by atoms with E-state index in [0.29, 0.717) is 10.8 Å². The lowest BCUT2D eigenvalue weighted by atomic mass is 10.1. The summed E-state index contributed by atoms with van der Waals surface area (Å²) >= 11 is 1.57. The normalized spacial score (nSPS) is 19.9. The van der Waals surface area contributed by atoms with Crippen LogP contribution in [0.1, 0.15) is 31.2 Å². The van der Waals surface area contributed by atoms with E-state index in [-0.39, 0.29) is 11.3 Å². The second kappa shape index (κ2) is 5.61. The molecule has 2 rings (SSSR count). The molecule has 2 nitrogen and oxygen atoms in total. The van der Waals surface area contributed by atoms with Crippen LogP contribution in [0.25, 0.3) is 0 Å². The molecule has 1 atom stereocenters. The van der Waals surface area contributed by atoms with E-state index in [1.807, 2.05) is 23.1 Å². The molecule has 1 amide bonds. The fraction of sp³-hybridized carbons (Fsp3) is 0.400. The quantitative estimate of drug-likeness (QED) is 0.768. The molecule has 1 aliphatic heterocycles. The summed E-state index contributed by atoms with van der Waals surface area (Å²) in [6.07, 6.45) is 1.03. The lowest BCUT2D eigenvalue weighted by Crippen LogP contribution is -2.29. The number of nitrogens with zero attached hydrogens (tertiary/aromatic N) is 1. The Kier molecular flexibility index (Phi) is 4.12. The first kappa shape index (κ1) is 13.2. The molecule has 1 heterocycles. The molecule has 0 aromatic heterocycles. The number of hydrogen-bond donors (Lipinski definition) is 0. The Morgan fingerprint density at radius 2 is 2.00 bits per heavy atom. The van der Waals surface area contributed by atoms with Crippen molar-refractivity contribution in [2.75, 3.05) is 6.54 Å². The predicted molar refractivity (Wildman–Crippen MR) is 77.1 cm³/mol. The van der Waals surface area contributed by atoms with E-state index in [4.69, 9.17) is 0 Å². The van der Waals surface area contributed by atoms with Crippen molar-refractivity contribution < 1.29 is 4.79 Å². The van der Waals surface area contributed by atoms with E-state index >= 15 is 0 Å². The van der Waals surface area contributed by atoms with Gasteiger partial charge in [-0.25, -0.2) is 0 Å². The molecule has 0 saturated carbocycles. The van der Waals surface area contributed by atoms with E-state index < -0.39 is 0 Å². The average Bonchev–Trinajstić information content (AvgIpc) is 2.64. The maximum Gasteiger partial charge on any atom is 0.260 e. The molecule has 0 spiro atoms. The van der Waals surface area contributed by atoms with Gasteiger partial charge in [-0.05, 0) is 17.9 Å². The van der Waals surface area contributed by atoms with Gasteiger partial charge in [0.1, 0.15) is 5.37 Å². The van der Waals surface area contributed by atoms with Crippen molar-refractivity contribution in [2.45, 2.75) is 25.6 Å². The minimum atomic E-state index is 0.0921. The Labute approximate surface area is 113 Å². The van der Waals surface area contributed by atoms with E-state index in [0.717, 1.165) is 13.0 Å². The second-order valence-electron chi connectivity index (χ2n) is 4.99. The first-order valence-corrected chi connectivity index (χ1v) is 7.19. The monoisotopic (exact) mass is 261 g/mol. The molecule has 0 N–H and O–H groups in total. The molecule has 1 aromatic rings. The van der Waals surface area contributed by atoms with Gasteiger partial charge in [-0.15, -0.1) is 0 Å². The summed E-state index contributed by atoms with van der Waals surface area (Å²) in [4.78, 5) is 14.7. The third-order valence-electron chi connectivity index (χ3n) is 3.07. The Morgan fingerprint density at radius 3 is 2.61 bits per heavy atom. The van der Waals surface area contributed by atoms with E-state index in [1.165, 1.54) is 5.56 Å². The van der Waals surface area contributed by atoms with Crippen molar-refractivity contribution >= 4 is 17.7 Å². The molecular formula is C15H19NOS. The highest BCUT2D eigenvalue weighted by Crippen LogP contribution is 2.44. The molecule has 1 aliphatic rings. The van der Waals surface area contributed by atoms with Crippen LogP contribution in [0.4, 0.5) is 0 Å². The van der Waals surface area contributed by atoms with Crippen molar-refractivity contribution in [1.29, 1.82) is 0 Å². The third-order valence-corrected chi connectivity index (χ3v) is 4.28. The number of carbonyl (C=O) groups is 1. The molecule has 0 bridgehead atoms. The number of benzene rings is 1. The Morgan fingerprint density at radius 1 is 1.33 bits per heavy atom. The van der Waals surface area contributed by atoms with Crippen molar-refractivity contribution in [1.82, 2.24) is 4.90 Å². The summed E-state index contributed by atoms with van der Waals surface area (Å²) in [5, 5.41) is 0.102. The van der Waals surface area contributed by atoms with Gasteiger partial charge in [-0.3, -0.25) is 4.79 Å². The molecule has 0 aliphatic carbocycles. The Hall–Kier alpha value is -1.22. The van der Waals surface area contributed by atoms with Crippen LogP contribution >= 0.6 is 11.8 Å². The average molecular weight is 261 g/mol. The SMILES string of the molecule is C=C1SC(c2ccccc2)N(CCC(C)C)C1=O. The molecule has 1 unspecified atom stereocenters. The molecule has 1 aromatic carbocycles. The van der Waals surface area contributed by atoms with E-state index in [1.54, 1.807) is 11.8 Å². The van der Waals surface area contributed by atoms with Gasteiger partial charge in [-0.1, -0.05) is 62.5 Å². The van der Waals surface area contributed by atoms with Gasteiger partial charge in [0.25, 0.3) is 5.91 Å². The Bertz CT molecular complexity index is 441. The zero-order valence-corrected chi connectivity index (χ0v) is 11.7. The lowest BCUT2D eigenvalue weighted by molar-refractivity contribution is -0.126. The van der Waals surface area contributed by atoms with Crippen LogP contribution in [0.15, 0.2) is 41.8 Å². The summed E-state index contributed by atoms with van der Waals surface area (Å²) in [6, 6.07) is 10.2. The van der Waals surface area contributed by atoms with Gasteiger partial charge in [0.2, 0.25) is 0 Å². The summed E-state index contributed by atoms with van der Waals surface area (Å²) in [6.45, 7) is 9.03. The van der Waals surface area contributed by atoms with Crippen molar-refractivity contribution in [3.05, 3.63) is 47.4 Å². The highest BCUT2D eigenvalue weighted by Gasteiger charge is 2.35. The number of carbonyl (C=O) groups excluding carboxylic acids is 1. The van der Waals surface area contributed by atoms with Gasteiger partial charge in [0.05, 0.1) is 4.91 Å². The molecular weight excluding hydrogens is 242 g/mol. The fourth-order valence-corrected chi connectivity index (χ4v) is 3.11. The minimum absolute atomic E-state index is 0.0921. The standard InChI is InChI=1S/C15H19NOS/c1-11(2)9-10-16-14(17)12(3)18-15(16)13-7-5-4-6-8-13/h4-8,11,15H,3,9-10H2,1-2H3. The largest absolute Gasteiger partial charge is 0.322 e. The molecule has 0 radical (unpaired) electrons. The molecule has 18 heavy (non-hydrogen) atoms. The van der Waals surface area contributed by atoms with Crippen molar-refractivity contribution in [3.63, 3.8) is 0 Å². The smallest absolute Gasteiger partial charge is 0.260 e. The van der Waals surface area contributed by atoms with Crippen molar-refractivity contribution in [3.8, 4) is 0 Å². The number of amides is 1. The van der Waals surface area contributed by atoms with Crippen LogP contribution in [0.5, 0.6) is 0 Å². The Balaban J connectivity index is 2.17.